The molecule has 86 valence electrons. The van der Waals surface area contributed by atoms with Gasteiger partial charge >= 0.3 is 7.32 Å². The van der Waals surface area contributed by atoms with E-state index in [1.54, 1.807) is 24.3 Å². The quantitative estimate of drug-likeness (QED) is 0.793. The largest absolute Gasteiger partial charge is 0.707 e. The van der Waals surface area contributed by atoms with Gasteiger partial charge in [-0.3, -0.25) is 0 Å². The van der Waals surface area contributed by atoms with Gasteiger partial charge in [-0.25, -0.2) is 4.39 Å². The number of hydrogen-bond donors (Lipinski definition) is 2. The van der Waals surface area contributed by atoms with Crippen molar-refractivity contribution >= 4 is 7.32 Å². The fraction of sp³-hybridized carbons (Fsp3) is 0. The van der Waals surface area contributed by atoms with Crippen LogP contribution in [0.4, 0.5) is 4.39 Å². The summed E-state index contributed by atoms with van der Waals surface area (Å²) in [5.74, 6) is -0.388. The van der Waals surface area contributed by atoms with Crippen LogP contribution in [-0.4, -0.2) is 17.4 Å². The average molecular weight is 232 g/mol. The minimum absolute atomic E-state index is 0.0891. The topological polar surface area (TPSA) is 49.7 Å². The molecule has 0 heterocycles. The maximum Gasteiger partial charge on any atom is 0.707 e. The van der Waals surface area contributed by atoms with Crippen molar-refractivity contribution in [2.24, 2.45) is 0 Å². The molecule has 0 aliphatic heterocycles. The van der Waals surface area contributed by atoms with Gasteiger partial charge in [-0.15, -0.1) is 0 Å². The number of benzene rings is 2. The minimum atomic E-state index is -1.97. The fourth-order valence-corrected chi connectivity index (χ4v) is 1.60. The van der Waals surface area contributed by atoms with Crippen LogP contribution in [-0.2, 0) is 0 Å². The molecular weight excluding hydrogens is 222 g/mol. The van der Waals surface area contributed by atoms with Crippen molar-refractivity contribution in [1.29, 1.82) is 0 Å². The summed E-state index contributed by atoms with van der Waals surface area (Å²) in [6.45, 7) is 0. The molecule has 17 heavy (non-hydrogen) atoms. The van der Waals surface area contributed by atoms with Crippen molar-refractivity contribution < 1.29 is 19.1 Å². The van der Waals surface area contributed by atoms with Crippen LogP contribution in [0.2, 0.25) is 0 Å². The number of rotatable bonds is 3. The van der Waals surface area contributed by atoms with Crippen molar-refractivity contribution in [3.05, 3.63) is 54.3 Å². The Hall–Kier alpha value is -1.85. The number of halogens is 1. The van der Waals surface area contributed by atoms with Gasteiger partial charge in [0.2, 0.25) is 0 Å². The molecule has 2 N–H and O–H groups in total. The Balaban J connectivity index is 2.51. The molecule has 5 heteroatoms. The second-order valence-corrected chi connectivity index (χ2v) is 3.42. The Kier molecular flexibility index (Phi) is 3.42. The van der Waals surface area contributed by atoms with Crippen LogP contribution in [0.15, 0.2) is 48.5 Å². The molecule has 0 aromatic heterocycles. The number of hydrogen-bond acceptors (Lipinski definition) is 3. The Morgan fingerprint density at radius 1 is 0.941 bits per heavy atom. The van der Waals surface area contributed by atoms with Crippen LogP contribution >= 0.6 is 0 Å². The summed E-state index contributed by atoms with van der Waals surface area (Å²) < 4.78 is 18.5. The molecule has 0 amide bonds. The normalized spacial score (nSPS) is 10.1. The SMILES string of the molecule is OB(O)Oc1cccc(F)c1-c1ccccc1. The highest BCUT2D eigenvalue weighted by atomic mass is 19.1. The molecule has 0 aliphatic rings. The zero-order valence-corrected chi connectivity index (χ0v) is 8.88. The van der Waals surface area contributed by atoms with Crippen molar-refractivity contribution in [1.82, 2.24) is 0 Å². The molecular formula is C12H10BFO3. The van der Waals surface area contributed by atoms with E-state index in [1.807, 2.05) is 6.07 Å². The first-order valence-corrected chi connectivity index (χ1v) is 5.05. The van der Waals surface area contributed by atoms with Gasteiger partial charge < -0.3 is 14.7 Å². The van der Waals surface area contributed by atoms with E-state index in [0.717, 1.165) is 0 Å². The zero-order chi connectivity index (χ0) is 12.3. The summed E-state index contributed by atoms with van der Waals surface area (Å²) in [6, 6.07) is 13.0. The van der Waals surface area contributed by atoms with Crippen molar-refractivity contribution in [3.8, 4) is 16.9 Å². The predicted octanol–water partition coefficient (Wildman–Crippen LogP) is 1.84. The van der Waals surface area contributed by atoms with Crippen molar-refractivity contribution in [3.63, 3.8) is 0 Å². The lowest BCUT2D eigenvalue weighted by molar-refractivity contribution is 0.288. The van der Waals surface area contributed by atoms with E-state index in [2.05, 4.69) is 0 Å². The fourth-order valence-electron chi connectivity index (χ4n) is 1.60. The third kappa shape index (κ3) is 2.64. The van der Waals surface area contributed by atoms with Gasteiger partial charge in [0.05, 0.1) is 5.56 Å². The van der Waals surface area contributed by atoms with Gasteiger partial charge in [-0.05, 0) is 17.7 Å². The van der Waals surface area contributed by atoms with Gasteiger partial charge in [0, 0.05) is 0 Å². The average Bonchev–Trinajstić information content (AvgIpc) is 2.29. The molecule has 0 spiro atoms. The maximum atomic E-state index is 13.7. The zero-order valence-electron chi connectivity index (χ0n) is 8.88. The van der Waals surface area contributed by atoms with Crippen LogP contribution in [0.25, 0.3) is 11.1 Å². The molecule has 0 fully saturated rings. The third-order valence-electron chi connectivity index (χ3n) is 2.27. The van der Waals surface area contributed by atoms with E-state index >= 15 is 0 Å². The monoisotopic (exact) mass is 232 g/mol. The van der Waals surface area contributed by atoms with Gasteiger partial charge in [0.15, 0.2) is 0 Å². The van der Waals surface area contributed by atoms with Crippen LogP contribution < -0.4 is 4.65 Å². The first-order chi connectivity index (χ1) is 8.18. The summed E-state index contributed by atoms with van der Waals surface area (Å²) in [5.41, 5.74) is 0.822. The van der Waals surface area contributed by atoms with Gasteiger partial charge in [-0.1, -0.05) is 36.4 Å². The Labute approximate surface area is 98.3 Å². The van der Waals surface area contributed by atoms with Gasteiger partial charge in [0.1, 0.15) is 11.6 Å². The van der Waals surface area contributed by atoms with E-state index in [-0.39, 0.29) is 11.3 Å². The second-order valence-electron chi connectivity index (χ2n) is 3.42. The van der Waals surface area contributed by atoms with E-state index in [1.165, 1.54) is 18.2 Å². The highest BCUT2D eigenvalue weighted by molar-refractivity contribution is 6.34. The Morgan fingerprint density at radius 2 is 1.65 bits per heavy atom. The van der Waals surface area contributed by atoms with Crippen LogP contribution in [0.1, 0.15) is 0 Å². The first kappa shape index (κ1) is 11.6. The first-order valence-electron chi connectivity index (χ1n) is 5.05. The molecule has 0 saturated carbocycles. The summed E-state index contributed by atoms with van der Waals surface area (Å²) >= 11 is 0. The minimum Gasteiger partial charge on any atom is -0.511 e. The summed E-state index contributed by atoms with van der Waals surface area (Å²) in [6.07, 6.45) is 0. The van der Waals surface area contributed by atoms with Crippen LogP contribution in [0.5, 0.6) is 5.75 Å². The molecule has 0 unspecified atom stereocenters. The van der Waals surface area contributed by atoms with Crippen LogP contribution in [0, 0.1) is 5.82 Å². The highest BCUT2D eigenvalue weighted by Gasteiger charge is 2.17. The van der Waals surface area contributed by atoms with E-state index in [4.69, 9.17) is 14.7 Å². The van der Waals surface area contributed by atoms with E-state index < -0.39 is 13.1 Å². The maximum absolute atomic E-state index is 13.7. The second kappa shape index (κ2) is 4.99. The Bertz CT molecular complexity index is 502. The third-order valence-corrected chi connectivity index (χ3v) is 2.27. The smallest absolute Gasteiger partial charge is 0.511 e. The lowest BCUT2D eigenvalue weighted by atomic mass is 10.0. The van der Waals surface area contributed by atoms with Gasteiger partial charge in [0.25, 0.3) is 0 Å². The Morgan fingerprint density at radius 3 is 2.29 bits per heavy atom. The molecule has 2 aromatic rings. The lowest BCUT2D eigenvalue weighted by Gasteiger charge is -2.11. The molecule has 0 aliphatic carbocycles. The molecule has 0 atom stereocenters. The highest BCUT2D eigenvalue weighted by Crippen LogP contribution is 2.32. The van der Waals surface area contributed by atoms with Crippen molar-refractivity contribution in [2.45, 2.75) is 0 Å². The lowest BCUT2D eigenvalue weighted by Crippen LogP contribution is -2.21. The standard InChI is InChI=1S/C12H10BFO3/c14-10-7-4-8-11(17-13(15)16)12(10)9-5-2-1-3-6-9/h1-8,15-16H. The molecule has 0 saturated heterocycles. The summed E-state index contributed by atoms with van der Waals surface area (Å²) in [4.78, 5) is 0. The predicted molar refractivity (Wildman–Crippen MR) is 62.7 cm³/mol. The van der Waals surface area contributed by atoms with E-state index in [0.29, 0.717) is 5.56 Å². The molecule has 2 aromatic carbocycles. The van der Waals surface area contributed by atoms with Crippen LogP contribution in [0.3, 0.4) is 0 Å². The van der Waals surface area contributed by atoms with Gasteiger partial charge in [-0.2, -0.15) is 0 Å². The summed E-state index contributed by atoms with van der Waals surface area (Å²) in [5, 5.41) is 17.6. The summed E-state index contributed by atoms with van der Waals surface area (Å²) in [7, 11) is -1.97. The van der Waals surface area contributed by atoms with E-state index in [9.17, 15) is 4.39 Å². The molecule has 0 bridgehead atoms. The molecule has 3 nitrogen and oxygen atoms in total. The molecule has 2 rings (SSSR count). The van der Waals surface area contributed by atoms with Crippen molar-refractivity contribution in [2.75, 3.05) is 0 Å². The molecule has 0 radical (unpaired) electrons.